The maximum atomic E-state index is 11.9. The summed E-state index contributed by atoms with van der Waals surface area (Å²) in [6, 6.07) is 38.8. The quantitative estimate of drug-likeness (QED) is 0.134. The van der Waals surface area contributed by atoms with E-state index in [1.807, 2.05) is 158 Å². The Labute approximate surface area is 651 Å². The lowest BCUT2D eigenvalue weighted by molar-refractivity contribution is 0.590. The fraction of sp³-hybridized carbons (Fsp3) is 0.160. The van der Waals surface area contributed by atoms with Crippen molar-refractivity contribution in [2.75, 3.05) is 9.80 Å². The lowest BCUT2D eigenvalue weighted by Crippen LogP contribution is -2.61. The van der Waals surface area contributed by atoms with Crippen LogP contribution < -0.4 is 26.2 Å². The van der Waals surface area contributed by atoms with Gasteiger partial charge in [0.1, 0.15) is 0 Å². The molecule has 0 fully saturated rings. The Hall–Kier alpha value is -11.7. The fourth-order valence-corrected chi connectivity index (χ4v) is 14.9. The molecule has 4 heterocycles. The van der Waals surface area contributed by atoms with Crippen molar-refractivity contribution in [1.82, 2.24) is 9.13 Å². The van der Waals surface area contributed by atoms with E-state index < -0.39 is 155 Å². The summed E-state index contributed by atoms with van der Waals surface area (Å²) in [6.07, 6.45) is 0. The van der Waals surface area contributed by atoms with Crippen LogP contribution in [0.1, 0.15) is 137 Å². The normalized spacial score (nSPS) is 16.2. The fourth-order valence-electron chi connectivity index (χ4n) is 14.9. The summed E-state index contributed by atoms with van der Waals surface area (Å²) < 4.78 is 243. The van der Waals surface area contributed by atoms with E-state index in [9.17, 15) is 30.2 Å². The van der Waals surface area contributed by atoms with Crippen molar-refractivity contribution in [3.05, 3.63) is 331 Å². The monoisotopic (exact) mass is 1380 g/mol. The van der Waals surface area contributed by atoms with Gasteiger partial charge in [-0.3, -0.25) is 0 Å². The van der Waals surface area contributed by atoms with Gasteiger partial charge in [0.05, 0.1) is 65.0 Å². The number of aromatic nitrogens is 2. The van der Waals surface area contributed by atoms with Gasteiger partial charge in [0.15, 0.2) is 0 Å². The molecule has 14 aromatic carbocycles. The molecular weight excluding hydrogens is 1270 g/mol. The number of para-hydroxylation sites is 2. The molecule has 0 amide bonds. The van der Waals surface area contributed by atoms with E-state index in [-0.39, 0.29) is 152 Å². The van der Waals surface area contributed by atoms with Crippen LogP contribution in [0.2, 0.25) is 0 Å². The molecule has 2 aromatic heterocycles. The maximum absolute atomic E-state index is 11.9. The molecule has 2 aliphatic heterocycles. The van der Waals surface area contributed by atoms with Gasteiger partial charge in [-0.05, 0) is 178 Å². The maximum Gasteiger partial charge on any atom is 0.252 e. The zero-order valence-corrected chi connectivity index (χ0v) is 60.5. The van der Waals surface area contributed by atoms with Gasteiger partial charge in [0.25, 0.3) is 6.71 Å². The number of hydrogen-bond donors (Lipinski definition) is 0. The minimum atomic E-state index is -1.77. The third-order valence-corrected chi connectivity index (χ3v) is 20.2. The van der Waals surface area contributed by atoms with Crippen LogP contribution in [-0.2, 0) is 21.7 Å². The first-order valence-corrected chi connectivity index (χ1v) is 35.6. The summed E-state index contributed by atoms with van der Waals surface area (Å²) in [5.41, 5.74) is -2.25. The first kappa shape index (κ1) is 44.8. The molecule has 0 aliphatic carbocycles. The smallest absolute Gasteiger partial charge is 0.252 e. The molecule has 0 atom stereocenters. The largest absolute Gasteiger partial charge is 0.310 e. The summed E-state index contributed by atoms with van der Waals surface area (Å²) in [5.74, 6) is 0. The molecule has 0 radical (unpaired) electrons. The Kier molecular flexibility index (Phi) is 10.4. The summed E-state index contributed by atoms with van der Waals surface area (Å²) in [5, 5.41) is -0.390. The molecule has 510 valence electrons. The molecule has 0 spiro atoms. The third kappa shape index (κ3) is 11.0. The molecule has 0 saturated heterocycles. The minimum Gasteiger partial charge on any atom is -0.310 e. The summed E-state index contributed by atoms with van der Waals surface area (Å²) in [7, 11) is 0. The first-order chi connectivity index (χ1) is 60.3. The van der Waals surface area contributed by atoms with E-state index in [4.69, 9.17) is 1.37 Å². The number of hydrogen-bond acceptors (Lipinski definition) is 2. The lowest BCUT2D eigenvalue weighted by atomic mass is 9.33. The van der Waals surface area contributed by atoms with Gasteiger partial charge < -0.3 is 18.9 Å². The van der Waals surface area contributed by atoms with E-state index >= 15 is 0 Å². The minimum absolute atomic E-state index is 0.0360. The lowest BCUT2D eigenvalue weighted by Gasteiger charge is -2.46. The molecule has 18 rings (SSSR count). The van der Waals surface area contributed by atoms with Crippen molar-refractivity contribution < 1.29 is 31.5 Å². The van der Waals surface area contributed by atoms with Crippen molar-refractivity contribution in [1.29, 1.82) is 0 Å². The average Bonchev–Trinajstić information content (AvgIpc) is 1.03. The van der Waals surface area contributed by atoms with Crippen molar-refractivity contribution in [2.45, 2.75) is 105 Å². The van der Waals surface area contributed by atoms with Crippen LogP contribution in [0.25, 0.3) is 111 Å². The highest BCUT2D eigenvalue weighted by Crippen LogP contribution is 2.55. The van der Waals surface area contributed by atoms with Crippen LogP contribution >= 0.6 is 0 Å². The number of rotatable bonds is 9. The van der Waals surface area contributed by atoms with Crippen molar-refractivity contribution in [2.24, 2.45) is 0 Å². The second-order valence-electron chi connectivity index (χ2n) is 31.4. The third-order valence-electron chi connectivity index (χ3n) is 20.2. The first-order valence-electron chi connectivity index (χ1n) is 47.1. The van der Waals surface area contributed by atoms with Crippen LogP contribution in [0.3, 0.4) is 0 Å². The predicted octanol–water partition coefficient (Wildman–Crippen LogP) is 25.5. The topological polar surface area (TPSA) is 16.3 Å². The highest BCUT2D eigenvalue weighted by molar-refractivity contribution is 7.00. The average molecular weight is 1380 g/mol. The Balaban J connectivity index is 1.14. The Morgan fingerprint density at radius 3 is 0.876 bits per heavy atom. The van der Waals surface area contributed by atoms with Crippen molar-refractivity contribution in [3.63, 3.8) is 0 Å². The van der Waals surface area contributed by atoms with Crippen LogP contribution in [0.5, 0.6) is 0 Å². The van der Waals surface area contributed by atoms with Crippen LogP contribution in [0.4, 0.5) is 34.1 Å². The number of anilines is 6. The SMILES string of the molecule is [2H]c1c([2H])c([2H])c(-c2cc3c4c(c2)N(c2c(-c5ccccc5)cccc2-c2ccccc2)c2c([2H])c(-n5c6c([2H])c([2H])c(C(C)(C)C)c([2H])c6c6c([2H])c(C(C)(C)C)c([2H])c([2H])c65)c([2H])c([2H])c2B4c2c([2H])c([2H])c(-n4c5c([2H])c([2H])c(C(C)(C)C)c([2H])c5c5c([2H])c(C(C)(C)C)c([2H])c([2H])c54)c([2H])c2N3c2c(-c3ccccc3)cccc2-c2ccccc2)c([2H])c1[2H]. The Morgan fingerprint density at radius 2 is 0.581 bits per heavy atom. The molecular formula is C100H87BN4. The number of fused-ring (bicyclic) bond motifs is 10. The van der Waals surface area contributed by atoms with Crippen molar-refractivity contribution >= 4 is 101 Å². The molecule has 2 aliphatic rings. The van der Waals surface area contributed by atoms with Gasteiger partial charge in [0, 0.05) is 77.9 Å². The van der Waals surface area contributed by atoms with Crippen molar-refractivity contribution in [3.8, 4) is 67.0 Å². The zero-order chi connectivity index (χ0) is 92.0. The molecule has 5 heteroatoms. The van der Waals surface area contributed by atoms with Gasteiger partial charge in [-0.2, -0.15) is 0 Å². The molecule has 0 unspecified atom stereocenters. The number of benzene rings is 14. The molecule has 105 heavy (non-hydrogen) atoms. The molecule has 4 nitrogen and oxygen atoms in total. The van der Waals surface area contributed by atoms with E-state index in [2.05, 4.69) is 0 Å². The van der Waals surface area contributed by atoms with E-state index in [0.717, 1.165) is 0 Å². The van der Waals surface area contributed by atoms with E-state index in [1.54, 1.807) is 105 Å². The molecule has 16 aromatic rings. The second kappa shape index (κ2) is 24.5. The van der Waals surface area contributed by atoms with Gasteiger partial charge in [-0.25, -0.2) is 0 Å². The molecule has 0 N–H and O–H groups in total. The summed E-state index contributed by atoms with van der Waals surface area (Å²) in [6.45, 7) is 19.6. The van der Waals surface area contributed by atoms with Crippen LogP contribution in [0.15, 0.2) is 309 Å². The highest BCUT2D eigenvalue weighted by atomic mass is 15.2. The van der Waals surface area contributed by atoms with Gasteiger partial charge in [-0.1, -0.05) is 307 Å². The summed E-state index contributed by atoms with van der Waals surface area (Å²) in [4.78, 5) is 3.45. The van der Waals surface area contributed by atoms with Crippen LogP contribution in [-0.4, -0.2) is 15.8 Å². The highest BCUT2D eigenvalue weighted by Gasteiger charge is 2.46. The van der Waals surface area contributed by atoms with Gasteiger partial charge >= 0.3 is 0 Å². The van der Waals surface area contributed by atoms with Gasteiger partial charge in [0.2, 0.25) is 0 Å². The predicted molar refractivity (Wildman–Crippen MR) is 451 cm³/mol. The standard InChI is InChI=1S/C100H87BN4/c1-97(2,3)70-44-52-86-80(58-70)81-59-71(98(4,5)6)45-53-87(81)102(86)74-48-50-84-90(62-74)104(95-76(65-32-20-14-21-33-65)40-28-41-77(95)66-34-22-15-23-35-66)92-56-69(64-30-18-13-19-31-64)57-93-94(92)101(84)85-51-49-75(103-88-54-46-72(99(7,8)9)60-82(88)83-61-73(100(10,11)12)47-55-89(83)103)63-91(85)105(93)96-78(67-36-24-16-25-37-67)42-29-43-79(96)68-38-26-17-27-39-68/h13-63H,1-12H3/i13D,18D,19D,30D,31D,44D,45D,46D,47D,48D,49D,50D,51D,52D,53D,54D,55D,58D,59D,60D,61D,62D,63D. The van der Waals surface area contributed by atoms with E-state index in [1.165, 1.54) is 9.13 Å². The molecule has 0 bridgehead atoms. The summed E-state index contributed by atoms with van der Waals surface area (Å²) >= 11 is 0. The second-order valence-corrected chi connectivity index (χ2v) is 31.4. The Morgan fingerprint density at radius 1 is 0.276 bits per heavy atom. The molecule has 0 saturated carbocycles. The number of nitrogens with zero attached hydrogens (tertiary/aromatic N) is 4. The van der Waals surface area contributed by atoms with Crippen LogP contribution in [0, 0.1) is 0 Å². The Bertz CT molecular complexity index is 6840. The zero-order valence-electron chi connectivity index (χ0n) is 83.5. The van der Waals surface area contributed by atoms with E-state index in [0.29, 0.717) is 44.5 Å². The van der Waals surface area contributed by atoms with Gasteiger partial charge in [-0.15, -0.1) is 0 Å².